The maximum absolute atomic E-state index is 13.8. The van der Waals surface area contributed by atoms with Gasteiger partial charge in [0.1, 0.15) is 10.7 Å². The molecule has 2 unspecified atom stereocenters. The summed E-state index contributed by atoms with van der Waals surface area (Å²) in [7, 11) is -2.38. The first kappa shape index (κ1) is 14.9. The zero-order chi connectivity index (χ0) is 14.2. The number of nitrogens with zero attached hydrogens (tertiary/aromatic N) is 1. The molecule has 7 heteroatoms. The number of rotatable bonds is 3. The van der Waals surface area contributed by atoms with Crippen LogP contribution >= 0.6 is 15.9 Å². The highest BCUT2D eigenvalue weighted by atomic mass is 79.9. The van der Waals surface area contributed by atoms with Crippen LogP contribution in [0.15, 0.2) is 27.6 Å². The van der Waals surface area contributed by atoms with Crippen LogP contribution in [0.4, 0.5) is 4.39 Å². The molecule has 1 saturated heterocycles. The fraction of sp³-hybridized carbons (Fsp3) is 0.500. The summed E-state index contributed by atoms with van der Waals surface area (Å²) < 4.78 is 45.7. The van der Waals surface area contributed by atoms with Crippen LogP contribution in [-0.2, 0) is 14.8 Å². The van der Waals surface area contributed by atoms with Gasteiger partial charge in [-0.2, -0.15) is 4.31 Å². The first-order chi connectivity index (χ1) is 8.84. The van der Waals surface area contributed by atoms with E-state index in [0.29, 0.717) is 17.5 Å². The van der Waals surface area contributed by atoms with Gasteiger partial charge in [-0.05, 0) is 31.5 Å². The van der Waals surface area contributed by atoms with Crippen molar-refractivity contribution in [2.24, 2.45) is 0 Å². The van der Waals surface area contributed by atoms with Crippen molar-refractivity contribution < 1.29 is 17.5 Å². The number of ether oxygens (including phenoxy) is 1. The molecule has 0 aromatic heterocycles. The molecule has 1 aliphatic rings. The smallest absolute Gasteiger partial charge is 0.246 e. The number of benzene rings is 1. The molecule has 2 rings (SSSR count). The standard InChI is InChI=1S/C12H15BrFNO3S/c1-8-11(5-6-18-8)15(2)19(16,17)12-4-3-9(13)7-10(12)14/h3-4,7-8,11H,5-6H2,1-2H3. The average molecular weight is 352 g/mol. The summed E-state index contributed by atoms with van der Waals surface area (Å²) in [6.45, 7) is 2.34. The first-order valence-electron chi connectivity index (χ1n) is 5.88. The van der Waals surface area contributed by atoms with Crippen molar-refractivity contribution in [2.75, 3.05) is 13.7 Å². The van der Waals surface area contributed by atoms with Gasteiger partial charge in [0.2, 0.25) is 10.0 Å². The second kappa shape index (κ2) is 5.47. The normalized spacial score (nSPS) is 24.1. The molecule has 0 radical (unpaired) electrons. The molecule has 0 bridgehead atoms. The van der Waals surface area contributed by atoms with Gasteiger partial charge in [-0.1, -0.05) is 15.9 Å². The summed E-state index contributed by atoms with van der Waals surface area (Å²) in [6.07, 6.45) is 0.438. The van der Waals surface area contributed by atoms with Gasteiger partial charge < -0.3 is 4.74 Å². The average Bonchev–Trinajstić information content (AvgIpc) is 2.73. The van der Waals surface area contributed by atoms with E-state index in [-0.39, 0.29) is 17.0 Å². The molecule has 106 valence electrons. The zero-order valence-electron chi connectivity index (χ0n) is 10.6. The Kier molecular flexibility index (Phi) is 4.29. The molecule has 1 aliphatic heterocycles. The van der Waals surface area contributed by atoms with Gasteiger partial charge in [0.25, 0.3) is 0 Å². The second-order valence-electron chi connectivity index (χ2n) is 4.53. The molecule has 1 heterocycles. The lowest BCUT2D eigenvalue weighted by Crippen LogP contribution is -2.41. The van der Waals surface area contributed by atoms with Gasteiger partial charge in [-0.25, -0.2) is 12.8 Å². The maximum atomic E-state index is 13.8. The molecule has 0 saturated carbocycles. The van der Waals surface area contributed by atoms with E-state index in [1.165, 1.54) is 23.5 Å². The number of likely N-dealkylation sites (N-methyl/N-ethyl adjacent to an activating group) is 1. The van der Waals surface area contributed by atoms with Crippen LogP contribution in [0.2, 0.25) is 0 Å². The van der Waals surface area contributed by atoms with Crippen LogP contribution in [0.3, 0.4) is 0 Å². The molecule has 0 aliphatic carbocycles. The van der Waals surface area contributed by atoms with Crippen LogP contribution in [0.25, 0.3) is 0 Å². The van der Waals surface area contributed by atoms with Crippen LogP contribution < -0.4 is 0 Å². The van der Waals surface area contributed by atoms with Crippen LogP contribution in [-0.4, -0.2) is 38.5 Å². The third kappa shape index (κ3) is 2.84. The van der Waals surface area contributed by atoms with Crippen molar-refractivity contribution >= 4 is 26.0 Å². The molecule has 1 fully saturated rings. The zero-order valence-corrected chi connectivity index (χ0v) is 13.0. The van der Waals surface area contributed by atoms with Crippen molar-refractivity contribution in [2.45, 2.75) is 30.4 Å². The number of hydrogen-bond donors (Lipinski definition) is 0. The van der Waals surface area contributed by atoms with Gasteiger partial charge in [0.05, 0.1) is 12.1 Å². The van der Waals surface area contributed by atoms with Crippen molar-refractivity contribution in [3.63, 3.8) is 0 Å². The van der Waals surface area contributed by atoms with E-state index in [9.17, 15) is 12.8 Å². The molecule has 2 atom stereocenters. The molecule has 1 aromatic carbocycles. The van der Waals surface area contributed by atoms with Gasteiger partial charge in [0, 0.05) is 18.1 Å². The van der Waals surface area contributed by atoms with E-state index in [0.717, 1.165) is 6.07 Å². The van der Waals surface area contributed by atoms with E-state index in [4.69, 9.17) is 4.74 Å². The minimum absolute atomic E-state index is 0.182. The van der Waals surface area contributed by atoms with E-state index in [1.54, 1.807) is 0 Å². The third-order valence-corrected chi connectivity index (χ3v) is 5.76. The Bertz CT molecular complexity index is 578. The quantitative estimate of drug-likeness (QED) is 0.839. The Morgan fingerprint density at radius 1 is 1.47 bits per heavy atom. The number of halogens is 2. The van der Waals surface area contributed by atoms with Gasteiger partial charge in [-0.15, -0.1) is 0 Å². The fourth-order valence-electron chi connectivity index (χ4n) is 2.22. The number of hydrogen-bond acceptors (Lipinski definition) is 3. The monoisotopic (exact) mass is 351 g/mol. The van der Waals surface area contributed by atoms with E-state index in [2.05, 4.69) is 15.9 Å². The molecule has 0 N–H and O–H groups in total. The van der Waals surface area contributed by atoms with Gasteiger partial charge in [0.15, 0.2) is 0 Å². The largest absolute Gasteiger partial charge is 0.377 e. The Hall–Kier alpha value is -0.500. The van der Waals surface area contributed by atoms with Crippen LogP contribution in [0, 0.1) is 5.82 Å². The van der Waals surface area contributed by atoms with E-state index >= 15 is 0 Å². The highest BCUT2D eigenvalue weighted by Crippen LogP contribution is 2.27. The lowest BCUT2D eigenvalue weighted by molar-refractivity contribution is 0.102. The summed E-state index contributed by atoms with van der Waals surface area (Å²) >= 11 is 3.11. The molecular formula is C12H15BrFNO3S. The summed E-state index contributed by atoms with van der Waals surface area (Å²) in [5, 5.41) is 0. The topological polar surface area (TPSA) is 46.6 Å². The number of sulfonamides is 1. The summed E-state index contributed by atoms with van der Waals surface area (Å²) in [5.41, 5.74) is 0. The van der Waals surface area contributed by atoms with Crippen LogP contribution in [0.5, 0.6) is 0 Å². The minimum atomic E-state index is -3.85. The summed E-state index contributed by atoms with van der Waals surface area (Å²) in [5.74, 6) is -0.757. The lowest BCUT2D eigenvalue weighted by Gasteiger charge is -2.26. The molecule has 0 spiro atoms. The van der Waals surface area contributed by atoms with E-state index in [1.807, 2.05) is 6.92 Å². The van der Waals surface area contributed by atoms with Crippen molar-refractivity contribution in [3.8, 4) is 0 Å². The predicted octanol–water partition coefficient (Wildman–Crippen LogP) is 2.39. The van der Waals surface area contributed by atoms with E-state index < -0.39 is 15.8 Å². The Balaban J connectivity index is 2.36. The van der Waals surface area contributed by atoms with Crippen molar-refractivity contribution in [1.29, 1.82) is 0 Å². The van der Waals surface area contributed by atoms with Crippen molar-refractivity contribution in [3.05, 3.63) is 28.5 Å². The van der Waals surface area contributed by atoms with Crippen molar-refractivity contribution in [1.82, 2.24) is 4.31 Å². The SMILES string of the molecule is CC1OCCC1N(C)S(=O)(=O)c1ccc(Br)cc1F. The third-order valence-electron chi connectivity index (χ3n) is 3.35. The molecule has 4 nitrogen and oxygen atoms in total. The van der Waals surface area contributed by atoms with Crippen LogP contribution in [0.1, 0.15) is 13.3 Å². The second-order valence-corrected chi connectivity index (χ2v) is 7.41. The van der Waals surface area contributed by atoms with Gasteiger partial charge >= 0.3 is 0 Å². The molecule has 19 heavy (non-hydrogen) atoms. The Labute approximate surface area is 120 Å². The Morgan fingerprint density at radius 2 is 2.16 bits per heavy atom. The first-order valence-corrected chi connectivity index (χ1v) is 8.12. The highest BCUT2D eigenvalue weighted by Gasteiger charge is 2.36. The minimum Gasteiger partial charge on any atom is -0.377 e. The highest BCUT2D eigenvalue weighted by molar-refractivity contribution is 9.10. The lowest BCUT2D eigenvalue weighted by atomic mass is 10.2. The molecular weight excluding hydrogens is 337 g/mol. The van der Waals surface area contributed by atoms with Gasteiger partial charge in [-0.3, -0.25) is 0 Å². The Morgan fingerprint density at radius 3 is 2.68 bits per heavy atom. The molecule has 1 aromatic rings. The summed E-state index contributed by atoms with van der Waals surface area (Å²) in [4.78, 5) is -0.308. The fourth-order valence-corrected chi connectivity index (χ4v) is 4.04. The molecule has 0 amide bonds. The predicted molar refractivity (Wildman–Crippen MR) is 72.9 cm³/mol. The summed E-state index contributed by atoms with van der Waals surface area (Å²) in [6, 6.07) is 3.67. The maximum Gasteiger partial charge on any atom is 0.246 e.